The lowest BCUT2D eigenvalue weighted by Crippen LogP contribution is -2.36. The largest absolute Gasteiger partial charge is 0.387 e. The third-order valence-electron chi connectivity index (χ3n) is 9.68. The highest BCUT2D eigenvalue weighted by Crippen LogP contribution is 2.58. The van der Waals surface area contributed by atoms with Gasteiger partial charge in [0.25, 0.3) is 5.56 Å². The van der Waals surface area contributed by atoms with Gasteiger partial charge in [-0.25, -0.2) is 28.9 Å². The summed E-state index contributed by atoms with van der Waals surface area (Å²) in [5.74, 6) is -0.624. The van der Waals surface area contributed by atoms with Gasteiger partial charge in [-0.2, -0.15) is 0 Å². The standard InChI is InChI=1S/C29H35FN8O12P2S2/c30-20-16-9-45-51(43,53)49-23-17(48-28(22(23)41)37-7-14-3-1-2-4-15-19(14)25(37)33-11-32-15)10-46-52(44,54)50-24(20)29(47-16)38-13-34-21-26(38)35-12-36(27(21)42)6-5-31-18(40)8-39/h7,11-13,16-17,20,22-24,28-29,39,41H,1-6,8-10H2,(H,31,40)(H,43,53)(H,44,54)/t16-,17-,20-,22-,23-,24-,28-,29-,51?,52?/m1/s1. The van der Waals surface area contributed by atoms with E-state index in [4.69, 9.17) is 44.5 Å². The summed E-state index contributed by atoms with van der Waals surface area (Å²) >= 11 is 9.41. The molecule has 4 aromatic heterocycles. The molecule has 8 rings (SSSR count). The summed E-state index contributed by atoms with van der Waals surface area (Å²) < 4.78 is 68.8. The Morgan fingerprint density at radius 3 is 2.61 bits per heavy atom. The van der Waals surface area contributed by atoms with E-state index in [9.17, 15) is 24.2 Å². The fourth-order valence-corrected chi connectivity index (χ4v) is 10.1. The van der Waals surface area contributed by atoms with E-state index in [0.29, 0.717) is 5.65 Å². The molecule has 3 aliphatic heterocycles. The van der Waals surface area contributed by atoms with Crippen molar-refractivity contribution in [3.8, 4) is 0 Å². The Balaban J connectivity index is 1.06. The molecule has 1 aliphatic carbocycles. The summed E-state index contributed by atoms with van der Waals surface area (Å²) in [5, 5.41) is 23.8. The second-order valence-corrected chi connectivity index (χ2v) is 18.8. The van der Waals surface area contributed by atoms with Crippen LogP contribution in [0, 0.1) is 0 Å². The number of carbonyl (C=O) groups excluding carboxylic acids is 1. The molecule has 10 atom stereocenters. The maximum atomic E-state index is 16.2. The van der Waals surface area contributed by atoms with Gasteiger partial charge in [-0.15, -0.1) is 0 Å². The molecule has 0 spiro atoms. The first-order chi connectivity index (χ1) is 25.8. The highest BCUT2D eigenvalue weighted by atomic mass is 32.7. The summed E-state index contributed by atoms with van der Waals surface area (Å²) in [6.45, 7) is -10.7. The van der Waals surface area contributed by atoms with E-state index in [1.54, 1.807) is 4.57 Å². The van der Waals surface area contributed by atoms with Crippen molar-refractivity contribution in [2.24, 2.45) is 0 Å². The molecule has 1 amide bonds. The predicted octanol–water partition coefficient (Wildman–Crippen LogP) is 0.591. The third kappa shape index (κ3) is 7.19. The molecule has 3 fully saturated rings. The molecule has 20 nitrogen and oxygen atoms in total. The number of nitrogens with zero attached hydrogens (tertiary/aromatic N) is 7. The van der Waals surface area contributed by atoms with Crippen molar-refractivity contribution < 1.29 is 56.4 Å². The maximum Gasteiger partial charge on any atom is 0.386 e. The molecule has 292 valence electrons. The summed E-state index contributed by atoms with van der Waals surface area (Å²) in [7, 11) is 0. The average molecular weight is 833 g/mol. The van der Waals surface area contributed by atoms with Crippen LogP contribution in [0.5, 0.6) is 0 Å². The van der Waals surface area contributed by atoms with Crippen molar-refractivity contribution in [3.63, 3.8) is 0 Å². The Labute approximate surface area is 314 Å². The number of aryl methyl sites for hydroxylation is 2. The van der Waals surface area contributed by atoms with Crippen molar-refractivity contribution in [1.82, 2.24) is 39.0 Å². The molecule has 54 heavy (non-hydrogen) atoms. The van der Waals surface area contributed by atoms with Gasteiger partial charge in [-0.3, -0.25) is 32.3 Å². The average Bonchev–Trinajstić information content (AvgIpc) is 3.85. The zero-order chi connectivity index (χ0) is 37.9. The quantitative estimate of drug-likeness (QED) is 0.132. The van der Waals surface area contributed by atoms with Crippen LogP contribution in [0.2, 0.25) is 0 Å². The number of fused-ring (bicyclic) bond motifs is 4. The van der Waals surface area contributed by atoms with Crippen LogP contribution in [-0.2, 0) is 68.1 Å². The second kappa shape index (κ2) is 15.0. The lowest BCUT2D eigenvalue weighted by molar-refractivity contribution is -0.123. The van der Waals surface area contributed by atoms with Gasteiger partial charge in [0.1, 0.15) is 55.4 Å². The molecule has 4 aromatic rings. The number of alkyl halides is 1. The lowest BCUT2D eigenvalue weighted by Gasteiger charge is -2.27. The molecule has 0 saturated carbocycles. The van der Waals surface area contributed by atoms with Crippen molar-refractivity contribution in [1.29, 1.82) is 0 Å². The summed E-state index contributed by atoms with van der Waals surface area (Å²) in [6.07, 6.45) is -2.85. The number of aliphatic hydroxyl groups is 2. The van der Waals surface area contributed by atoms with E-state index in [0.717, 1.165) is 48.7 Å². The number of hydrogen-bond acceptors (Lipinski definition) is 16. The first kappa shape index (κ1) is 38.1. The molecular formula is C29H35FN8O12P2S2. The van der Waals surface area contributed by atoms with Crippen LogP contribution in [-0.4, -0.2) is 118 Å². The Kier molecular flexibility index (Phi) is 10.6. The van der Waals surface area contributed by atoms with Crippen molar-refractivity contribution in [3.05, 3.63) is 46.8 Å². The van der Waals surface area contributed by atoms with Crippen LogP contribution in [0.25, 0.3) is 22.2 Å². The summed E-state index contributed by atoms with van der Waals surface area (Å²) in [5.41, 5.74) is 1.62. The molecule has 4 N–H and O–H groups in total. The van der Waals surface area contributed by atoms with E-state index in [1.165, 1.54) is 21.8 Å². The van der Waals surface area contributed by atoms with Gasteiger partial charge in [0.05, 0.1) is 25.2 Å². The van der Waals surface area contributed by atoms with Crippen LogP contribution >= 0.6 is 25.8 Å². The molecule has 0 aromatic carbocycles. The van der Waals surface area contributed by atoms with E-state index >= 15 is 4.39 Å². The van der Waals surface area contributed by atoms with Crippen molar-refractivity contribution in [2.75, 3.05) is 26.4 Å². The first-order valence-corrected chi connectivity index (χ1v) is 22.2. The number of ether oxygens (including phenoxy) is 2. The number of imidazole rings is 1. The number of halogens is 1. The number of rotatable bonds is 6. The number of amides is 1. The van der Waals surface area contributed by atoms with E-state index < -0.39 is 94.0 Å². The minimum atomic E-state index is -4.48. The summed E-state index contributed by atoms with van der Waals surface area (Å²) in [4.78, 5) is 53.1. The predicted molar refractivity (Wildman–Crippen MR) is 190 cm³/mol. The second-order valence-electron chi connectivity index (χ2n) is 13.1. The Bertz CT molecular complexity index is 2240. The van der Waals surface area contributed by atoms with Gasteiger partial charge in [0, 0.05) is 24.7 Å². The topological polar surface area (TPSA) is 246 Å². The minimum Gasteiger partial charge on any atom is -0.387 e. The molecule has 2 bridgehead atoms. The number of aromatic nitrogens is 7. The fourth-order valence-electron chi connectivity index (χ4n) is 7.16. The normalized spacial score (nSPS) is 34.5. The van der Waals surface area contributed by atoms with E-state index in [1.807, 2.05) is 6.20 Å². The van der Waals surface area contributed by atoms with Crippen molar-refractivity contribution >= 4 is 65.7 Å². The third-order valence-corrected chi connectivity index (χ3v) is 12.9. The zero-order valence-electron chi connectivity index (χ0n) is 28.1. The van der Waals surface area contributed by atoms with Crippen LogP contribution in [0.15, 0.2) is 30.0 Å². The van der Waals surface area contributed by atoms with Gasteiger partial charge in [-0.1, -0.05) is 12.2 Å². The smallest absolute Gasteiger partial charge is 0.386 e. The molecule has 25 heteroatoms. The van der Waals surface area contributed by atoms with Crippen LogP contribution in [0.1, 0.15) is 36.6 Å². The summed E-state index contributed by atoms with van der Waals surface area (Å²) in [6, 6.07) is 0. The number of thiol groups is 1. The fraction of sp³-hybridized carbons (Fsp3) is 0.586. The van der Waals surface area contributed by atoms with Gasteiger partial charge < -0.3 is 39.0 Å². The van der Waals surface area contributed by atoms with Gasteiger partial charge in [0.2, 0.25) is 5.91 Å². The number of hydrogen-bond donors (Lipinski definition) is 5. The van der Waals surface area contributed by atoms with Gasteiger partial charge >= 0.3 is 13.5 Å². The molecule has 4 aliphatic rings. The minimum absolute atomic E-state index is 0.00898. The van der Waals surface area contributed by atoms with Crippen LogP contribution < -0.4 is 10.9 Å². The molecular weight excluding hydrogens is 797 g/mol. The lowest BCUT2D eigenvalue weighted by atomic mass is 10.1. The Morgan fingerprint density at radius 1 is 1.02 bits per heavy atom. The molecule has 7 heterocycles. The monoisotopic (exact) mass is 832 g/mol. The Morgan fingerprint density at radius 2 is 1.80 bits per heavy atom. The molecule has 0 radical (unpaired) electrons. The molecule has 2 unspecified atom stereocenters. The van der Waals surface area contributed by atoms with Crippen molar-refractivity contribution in [2.45, 2.75) is 81.4 Å². The highest BCUT2D eigenvalue weighted by molar-refractivity contribution is 8.44. The van der Waals surface area contributed by atoms with E-state index in [2.05, 4.69) is 37.5 Å². The van der Waals surface area contributed by atoms with Gasteiger partial charge in [0.15, 0.2) is 29.8 Å². The first-order valence-electron chi connectivity index (χ1n) is 16.9. The molecule has 3 saturated heterocycles. The van der Waals surface area contributed by atoms with Crippen LogP contribution in [0.4, 0.5) is 4.39 Å². The maximum absolute atomic E-state index is 16.2. The number of aliphatic hydroxyl groups excluding tert-OH is 2. The van der Waals surface area contributed by atoms with E-state index in [-0.39, 0.29) is 24.3 Å². The highest BCUT2D eigenvalue weighted by Gasteiger charge is 2.53. The Hall–Kier alpha value is -2.76. The zero-order valence-corrected chi connectivity index (χ0v) is 31.6. The number of nitrogens with one attached hydrogen (secondary N) is 1. The SMILES string of the molecule is O=C(CO)NCCn1cnc2c(ncn2[C@@H]2O[C@@H]3COP(O)(=S)O[C@H]4[C@@H](O)[C@H](n5cc6c7c(ncnc75)CCCC6)O[C@@H]4COP(=O)(S)O[C@@H]2[C@@H]3F)c1=O. The van der Waals surface area contributed by atoms with Gasteiger partial charge in [-0.05, 0) is 43.1 Å². The van der Waals surface area contributed by atoms with Crippen LogP contribution in [0.3, 0.4) is 0 Å². The number of carbonyl (C=O) groups is 1.